The Hall–Kier alpha value is 0.0300. The van der Waals surface area contributed by atoms with Crippen LogP contribution in [0.3, 0.4) is 0 Å². The van der Waals surface area contributed by atoms with Gasteiger partial charge in [-0.15, -0.1) is 0 Å². The Labute approximate surface area is 450 Å². The second-order valence-electron chi connectivity index (χ2n) is 23.0. The van der Waals surface area contributed by atoms with E-state index in [-0.39, 0.29) is 0 Å². The Balaban J connectivity index is -0.00000119. The highest BCUT2D eigenvalue weighted by Gasteiger charge is 2.25. The van der Waals surface area contributed by atoms with Gasteiger partial charge in [-0.1, -0.05) is 273 Å². The van der Waals surface area contributed by atoms with Crippen LogP contribution in [0.4, 0.5) is 0 Å². The molecule has 0 saturated heterocycles. The lowest BCUT2D eigenvalue weighted by atomic mass is 10.0. The predicted octanol–water partition coefficient (Wildman–Crippen LogP) is 20.3. The molecule has 0 atom stereocenters. The minimum absolute atomic E-state index is 1.36. The van der Waals surface area contributed by atoms with E-state index >= 15 is 0 Å². The summed E-state index contributed by atoms with van der Waals surface area (Å²) in [4.78, 5) is 24.3. The third-order valence-corrected chi connectivity index (χ3v) is 16.3. The van der Waals surface area contributed by atoms with Gasteiger partial charge in [0, 0.05) is 0 Å². The molecule has 0 aliphatic rings. The molecular weight excluding hydrogens is 892 g/mol. The second-order valence-corrected chi connectivity index (χ2v) is 23.9. The van der Waals surface area contributed by atoms with E-state index in [1.54, 1.807) is 0 Å². The van der Waals surface area contributed by atoms with Crippen LogP contribution >= 0.6 is 7.82 Å². The van der Waals surface area contributed by atoms with Gasteiger partial charge in [0.15, 0.2) is 0 Å². The molecule has 0 aromatic rings. The van der Waals surface area contributed by atoms with Gasteiger partial charge in [0.1, 0.15) is 0 Å². The minimum Gasteiger partial charge on any atom is -0.790 e. The van der Waals surface area contributed by atoms with Gasteiger partial charge in [-0.3, -0.25) is 0 Å². The lowest BCUT2D eigenvalue weighted by Crippen LogP contribution is -2.50. The molecule has 0 aromatic carbocycles. The van der Waals surface area contributed by atoms with Gasteiger partial charge in [-0.05, 0) is 90.9 Å². The average Bonchev–Trinajstić information content (AvgIpc) is 3.35. The summed E-state index contributed by atoms with van der Waals surface area (Å²) in [6.45, 7) is 30.4. The maximum absolute atomic E-state index is 8.66. The number of rotatable bonds is 56. The zero-order valence-corrected chi connectivity index (χ0v) is 51.5. The molecule has 0 heterocycles. The van der Waals surface area contributed by atoms with Crippen molar-refractivity contribution in [1.29, 1.82) is 0 Å². The Morgan fingerprint density at radius 2 is 0.338 bits per heavy atom. The third kappa shape index (κ3) is 62.5. The number of phosphoric acid groups is 1. The quantitative estimate of drug-likeness (QED) is 0.0374. The zero-order valence-electron chi connectivity index (χ0n) is 50.6. The summed E-state index contributed by atoms with van der Waals surface area (Å²) in [6.07, 6.45) is 69.8. The topological polar surface area (TPSA) is 83.4 Å². The molecule has 1 N–H and O–H groups in total. The molecule has 0 bridgehead atoms. The van der Waals surface area contributed by atoms with Crippen molar-refractivity contribution < 1.29 is 28.2 Å². The molecule has 0 rings (SSSR count). The molecule has 432 valence electrons. The smallest absolute Gasteiger partial charge is 0.0786 e. The van der Waals surface area contributed by atoms with E-state index in [9.17, 15) is 0 Å². The van der Waals surface area contributed by atoms with E-state index in [0.717, 1.165) is 0 Å². The van der Waals surface area contributed by atoms with E-state index in [0.29, 0.717) is 0 Å². The maximum atomic E-state index is 8.66. The van der Waals surface area contributed by atoms with E-state index in [1.165, 1.54) is 370 Å². The lowest BCUT2D eigenvalue weighted by Gasteiger charge is -2.38. The molecule has 7 heteroatoms. The van der Waals surface area contributed by atoms with Crippen LogP contribution in [0.1, 0.15) is 364 Å². The van der Waals surface area contributed by atoms with E-state index in [4.69, 9.17) is 19.2 Å². The van der Waals surface area contributed by atoms with Gasteiger partial charge >= 0.3 is 0 Å². The molecule has 0 radical (unpaired) electrons. The number of nitrogens with zero attached hydrogens (tertiary/aromatic N) is 2. The summed E-state index contributed by atoms with van der Waals surface area (Å²) in [6, 6.07) is 0. The van der Waals surface area contributed by atoms with Crippen molar-refractivity contribution in [3.63, 3.8) is 0 Å². The molecule has 0 aliphatic heterocycles. The highest BCUT2D eigenvalue weighted by Crippen LogP contribution is 2.21. The zero-order chi connectivity index (χ0) is 53.1. The fourth-order valence-electron chi connectivity index (χ4n) is 11.1. The van der Waals surface area contributed by atoms with E-state index in [2.05, 4.69) is 55.4 Å². The van der Waals surface area contributed by atoms with Crippen molar-refractivity contribution in [2.45, 2.75) is 364 Å². The van der Waals surface area contributed by atoms with Gasteiger partial charge < -0.3 is 28.2 Å². The van der Waals surface area contributed by atoms with Crippen LogP contribution in [0.15, 0.2) is 0 Å². The van der Waals surface area contributed by atoms with E-state index < -0.39 is 7.82 Å². The number of unbranched alkanes of at least 4 members (excludes halogenated alkanes) is 42. The van der Waals surface area contributed by atoms with Crippen LogP contribution < -0.4 is 9.79 Å². The van der Waals surface area contributed by atoms with Crippen LogP contribution in [0.25, 0.3) is 0 Å². The van der Waals surface area contributed by atoms with Crippen molar-refractivity contribution in [2.75, 3.05) is 52.4 Å². The number of hydrogen-bond donors (Lipinski definition) is 1. The first-order valence-corrected chi connectivity index (χ1v) is 34.4. The fourth-order valence-corrected chi connectivity index (χ4v) is 11.1. The summed E-state index contributed by atoms with van der Waals surface area (Å²) in [7, 11) is -5.14. The summed E-state index contributed by atoms with van der Waals surface area (Å²) >= 11 is 0. The number of hydrogen-bond acceptors (Lipinski definition) is 3. The minimum atomic E-state index is -5.14. The Bertz CT molecular complexity index is 830. The summed E-state index contributed by atoms with van der Waals surface area (Å²) in [5.41, 5.74) is 0. The molecule has 0 spiro atoms. The fraction of sp³-hybridized carbons (Fsp3) is 1.00. The first-order chi connectivity index (χ1) is 34.5. The monoisotopic (exact) mass is 1030 g/mol. The first-order valence-electron chi connectivity index (χ1n) is 32.9. The number of quaternary nitrogens is 2. The van der Waals surface area contributed by atoms with Gasteiger partial charge in [0.2, 0.25) is 0 Å². The molecule has 0 amide bonds. The first kappa shape index (κ1) is 75.3. The van der Waals surface area contributed by atoms with Gasteiger partial charge in [-0.2, -0.15) is 0 Å². The van der Waals surface area contributed by atoms with Crippen molar-refractivity contribution in [1.82, 2.24) is 0 Å². The van der Waals surface area contributed by atoms with Crippen LogP contribution in [0.5, 0.6) is 0 Å². The van der Waals surface area contributed by atoms with E-state index in [1.807, 2.05) is 0 Å². The average molecular weight is 1030 g/mol. The Kier molecular flexibility index (Phi) is 64.5. The maximum Gasteiger partial charge on any atom is 0.0786 e. The summed E-state index contributed by atoms with van der Waals surface area (Å²) in [5.74, 6) is 0. The van der Waals surface area contributed by atoms with Crippen LogP contribution in [-0.2, 0) is 4.57 Å². The highest BCUT2D eigenvalue weighted by atomic mass is 31.2. The molecule has 71 heavy (non-hydrogen) atoms. The third-order valence-electron chi connectivity index (χ3n) is 16.3. The Morgan fingerprint density at radius 1 is 0.239 bits per heavy atom. The summed E-state index contributed by atoms with van der Waals surface area (Å²) < 4.78 is 11.5. The van der Waals surface area contributed by atoms with Gasteiger partial charge in [-0.25, -0.2) is 0 Å². The molecule has 0 aromatic heterocycles. The Morgan fingerprint density at radius 3 is 0.437 bits per heavy atom. The van der Waals surface area contributed by atoms with Crippen molar-refractivity contribution in [3.8, 4) is 0 Å². The molecule has 6 nitrogen and oxygen atoms in total. The van der Waals surface area contributed by atoms with Gasteiger partial charge in [0.05, 0.1) is 60.2 Å². The SMILES string of the molecule is CCCCCCCCCC[N+](CC)(CCCCCCCCCC)CCCCCCCCCC.CCCCCCCCCC[N+](CC)(CCCCCCCCCC)CCCCCCCCCC.O=P([O-])([O-])O. The molecule has 0 aliphatic carbocycles. The molecular formula is C64H137N2O4P. The molecule has 0 fully saturated rings. The summed E-state index contributed by atoms with van der Waals surface area (Å²) in [5, 5.41) is 0. The highest BCUT2D eigenvalue weighted by molar-refractivity contribution is 7.42. The second kappa shape index (κ2) is 60.9. The molecule has 0 unspecified atom stereocenters. The van der Waals surface area contributed by atoms with Crippen LogP contribution in [-0.4, -0.2) is 66.2 Å². The van der Waals surface area contributed by atoms with Crippen molar-refractivity contribution in [2.24, 2.45) is 0 Å². The van der Waals surface area contributed by atoms with Crippen LogP contribution in [0.2, 0.25) is 0 Å². The van der Waals surface area contributed by atoms with Crippen molar-refractivity contribution >= 4 is 7.82 Å². The van der Waals surface area contributed by atoms with Gasteiger partial charge in [0.25, 0.3) is 0 Å². The molecule has 0 saturated carbocycles. The van der Waals surface area contributed by atoms with Crippen LogP contribution in [0, 0.1) is 0 Å². The predicted molar refractivity (Wildman–Crippen MR) is 316 cm³/mol. The van der Waals surface area contributed by atoms with Crippen molar-refractivity contribution in [3.05, 3.63) is 0 Å². The normalized spacial score (nSPS) is 12.0. The lowest BCUT2D eigenvalue weighted by molar-refractivity contribution is -0.927. The standard InChI is InChI=1S/2C32H68N.H3O4P/c2*1-5-9-12-15-18-21-24-27-30-33(8-4,31-28-25-22-19-16-13-10-6-2)32-29-26-23-20-17-14-11-7-3;1-5(2,3)4/h2*5-32H2,1-4H3;(H3,1,2,3,4)/q2*+1;/p-2. The largest absolute Gasteiger partial charge is 0.790 e.